The normalized spacial score (nSPS) is 10.9. The van der Waals surface area contributed by atoms with Crippen LogP contribution in [0.2, 0.25) is 0 Å². The van der Waals surface area contributed by atoms with Crippen molar-refractivity contribution in [2.45, 2.75) is 19.9 Å². The summed E-state index contributed by atoms with van der Waals surface area (Å²) in [5, 5.41) is 7.64. The number of nitrogens with one attached hydrogen (secondary N) is 1. The van der Waals surface area contributed by atoms with Crippen molar-refractivity contribution < 1.29 is 0 Å². The second-order valence-electron chi connectivity index (χ2n) is 3.19. The van der Waals surface area contributed by atoms with E-state index in [1.165, 1.54) is 5.69 Å². The lowest BCUT2D eigenvalue weighted by atomic mass is 10.3. The molecule has 3 nitrogen and oxygen atoms in total. The third-order valence-corrected chi connectivity index (χ3v) is 3.34. The van der Waals surface area contributed by atoms with Crippen LogP contribution in [-0.2, 0) is 13.6 Å². The van der Waals surface area contributed by atoms with E-state index in [0.29, 0.717) is 5.88 Å². The number of alkyl halides is 1. The number of hydrogen-bond acceptors (Lipinski definition) is 2. The van der Waals surface area contributed by atoms with E-state index in [9.17, 15) is 0 Å². The average Bonchev–Trinajstić information content (AvgIpc) is 2.38. The van der Waals surface area contributed by atoms with Gasteiger partial charge in [0, 0.05) is 19.5 Å². The van der Waals surface area contributed by atoms with Gasteiger partial charge in [0.1, 0.15) is 0 Å². The van der Waals surface area contributed by atoms with Gasteiger partial charge in [0.05, 0.1) is 15.9 Å². The van der Waals surface area contributed by atoms with Gasteiger partial charge in [-0.1, -0.05) is 0 Å². The molecule has 1 heterocycles. The summed E-state index contributed by atoms with van der Waals surface area (Å²) in [4.78, 5) is 0. The predicted octanol–water partition coefficient (Wildman–Crippen LogP) is 2.21. The van der Waals surface area contributed by atoms with Gasteiger partial charge in [-0.25, -0.2) is 0 Å². The molecule has 0 amide bonds. The van der Waals surface area contributed by atoms with E-state index in [1.54, 1.807) is 0 Å². The molecule has 1 N–H and O–H groups in total. The topological polar surface area (TPSA) is 29.9 Å². The van der Waals surface area contributed by atoms with E-state index in [2.05, 4.69) is 26.3 Å². The molecule has 0 radical (unpaired) electrons. The van der Waals surface area contributed by atoms with E-state index in [4.69, 9.17) is 11.6 Å². The van der Waals surface area contributed by atoms with Crippen LogP contribution in [0, 0.1) is 6.92 Å². The zero-order chi connectivity index (χ0) is 10.6. The predicted molar refractivity (Wildman–Crippen MR) is 62.7 cm³/mol. The van der Waals surface area contributed by atoms with Crippen LogP contribution in [-0.4, -0.2) is 22.2 Å². The Kier molecular flexibility index (Phi) is 4.92. The number of nitrogens with zero attached hydrogens (tertiary/aromatic N) is 2. The van der Waals surface area contributed by atoms with Crippen molar-refractivity contribution in [1.82, 2.24) is 15.1 Å². The SMILES string of the molecule is Cc1nn(C)c(CNCCCCl)c1Br. The molecule has 14 heavy (non-hydrogen) atoms. The minimum atomic E-state index is 0.707. The molecule has 0 atom stereocenters. The van der Waals surface area contributed by atoms with Crippen LogP contribution in [0.1, 0.15) is 17.8 Å². The fourth-order valence-corrected chi connectivity index (χ4v) is 1.88. The summed E-state index contributed by atoms with van der Waals surface area (Å²) in [6, 6.07) is 0. The van der Waals surface area contributed by atoms with Crippen molar-refractivity contribution in [3.05, 3.63) is 15.9 Å². The van der Waals surface area contributed by atoms with Crippen molar-refractivity contribution in [3.63, 3.8) is 0 Å². The lowest BCUT2D eigenvalue weighted by Crippen LogP contribution is -2.17. The van der Waals surface area contributed by atoms with Crippen LogP contribution in [0.25, 0.3) is 0 Å². The Bertz CT molecular complexity index is 298. The van der Waals surface area contributed by atoms with E-state index >= 15 is 0 Å². The number of hydrogen-bond donors (Lipinski definition) is 1. The van der Waals surface area contributed by atoms with Gasteiger partial charge in [-0.05, 0) is 35.8 Å². The van der Waals surface area contributed by atoms with Gasteiger partial charge in [-0.15, -0.1) is 11.6 Å². The van der Waals surface area contributed by atoms with Gasteiger partial charge in [0.25, 0.3) is 0 Å². The standard InChI is InChI=1S/C9H15BrClN3/c1-7-9(10)8(14(2)13-7)6-12-5-3-4-11/h12H,3-6H2,1-2H3. The highest BCUT2D eigenvalue weighted by molar-refractivity contribution is 9.10. The minimum absolute atomic E-state index is 0.707. The van der Waals surface area contributed by atoms with Gasteiger partial charge in [0.15, 0.2) is 0 Å². The highest BCUT2D eigenvalue weighted by Gasteiger charge is 2.09. The van der Waals surface area contributed by atoms with Gasteiger partial charge in [0.2, 0.25) is 0 Å². The second-order valence-corrected chi connectivity index (χ2v) is 4.36. The van der Waals surface area contributed by atoms with Crippen molar-refractivity contribution in [2.24, 2.45) is 7.05 Å². The Balaban J connectivity index is 2.49. The molecule has 0 fully saturated rings. The van der Waals surface area contributed by atoms with Gasteiger partial charge in [-0.3, -0.25) is 4.68 Å². The molecular formula is C9H15BrClN3. The molecule has 0 saturated carbocycles. The first-order valence-electron chi connectivity index (χ1n) is 4.61. The molecule has 1 aromatic heterocycles. The van der Waals surface area contributed by atoms with Crippen LogP contribution >= 0.6 is 27.5 Å². The molecule has 80 valence electrons. The van der Waals surface area contributed by atoms with Crippen molar-refractivity contribution >= 4 is 27.5 Å². The van der Waals surface area contributed by atoms with Crippen LogP contribution in [0.15, 0.2) is 4.47 Å². The maximum absolute atomic E-state index is 5.58. The third kappa shape index (κ3) is 2.97. The lowest BCUT2D eigenvalue weighted by Gasteiger charge is -2.04. The zero-order valence-corrected chi connectivity index (χ0v) is 10.8. The number of aryl methyl sites for hydroxylation is 2. The van der Waals surface area contributed by atoms with Crippen molar-refractivity contribution in [2.75, 3.05) is 12.4 Å². The van der Waals surface area contributed by atoms with Gasteiger partial charge < -0.3 is 5.32 Å². The van der Waals surface area contributed by atoms with E-state index < -0.39 is 0 Å². The van der Waals surface area contributed by atoms with Crippen LogP contribution < -0.4 is 5.32 Å². The molecule has 0 aliphatic heterocycles. The van der Waals surface area contributed by atoms with E-state index in [0.717, 1.165) is 29.7 Å². The zero-order valence-electron chi connectivity index (χ0n) is 8.48. The maximum atomic E-state index is 5.58. The largest absolute Gasteiger partial charge is 0.311 e. The Labute approximate surface area is 97.9 Å². The molecule has 0 aliphatic rings. The summed E-state index contributed by atoms with van der Waals surface area (Å²) in [7, 11) is 1.95. The number of rotatable bonds is 5. The first-order valence-corrected chi connectivity index (χ1v) is 5.94. The minimum Gasteiger partial charge on any atom is -0.311 e. The van der Waals surface area contributed by atoms with Crippen LogP contribution in [0.5, 0.6) is 0 Å². The Morgan fingerprint density at radius 1 is 1.57 bits per heavy atom. The fraction of sp³-hybridized carbons (Fsp3) is 0.667. The van der Waals surface area contributed by atoms with Gasteiger partial charge >= 0.3 is 0 Å². The quantitative estimate of drug-likeness (QED) is 0.662. The summed E-state index contributed by atoms with van der Waals surface area (Å²) in [6.07, 6.45) is 0.996. The molecule has 0 aliphatic carbocycles. The Morgan fingerprint density at radius 3 is 2.79 bits per heavy atom. The van der Waals surface area contributed by atoms with Crippen LogP contribution in [0.4, 0.5) is 0 Å². The highest BCUT2D eigenvalue weighted by atomic mass is 79.9. The Morgan fingerprint density at radius 2 is 2.29 bits per heavy atom. The van der Waals surface area contributed by atoms with Crippen LogP contribution in [0.3, 0.4) is 0 Å². The lowest BCUT2D eigenvalue weighted by molar-refractivity contribution is 0.618. The van der Waals surface area contributed by atoms with Crippen molar-refractivity contribution in [3.8, 4) is 0 Å². The average molecular weight is 281 g/mol. The summed E-state index contributed by atoms with van der Waals surface area (Å²) >= 11 is 9.10. The molecule has 0 unspecified atom stereocenters. The summed E-state index contributed by atoms with van der Waals surface area (Å²) in [5.41, 5.74) is 2.21. The molecule has 0 bridgehead atoms. The summed E-state index contributed by atoms with van der Waals surface area (Å²) in [6.45, 7) is 3.77. The first-order chi connectivity index (χ1) is 6.66. The molecule has 0 aromatic carbocycles. The Hall–Kier alpha value is -0.0600. The molecule has 5 heteroatoms. The maximum Gasteiger partial charge on any atom is 0.0739 e. The van der Waals surface area contributed by atoms with Gasteiger partial charge in [-0.2, -0.15) is 5.10 Å². The summed E-state index contributed by atoms with van der Waals surface area (Å²) < 4.78 is 2.99. The number of aromatic nitrogens is 2. The summed E-state index contributed by atoms with van der Waals surface area (Å²) in [5.74, 6) is 0.707. The number of halogens is 2. The highest BCUT2D eigenvalue weighted by Crippen LogP contribution is 2.19. The molecular weight excluding hydrogens is 265 g/mol. The van der Waals surface area contributed by atoms with Crippen molar-refractivity contribution in [1.29, 1.82) is 0 Å². The monoisotopic (exact) mass is 279 g/mol. The third-order valence-electron chi connectivity index (χ3n) is 2.04. The van der Waals surface area contributed by atoms with E-state index in [-0.39, 0.29) is 0 Å². The molecule has 1 aromatic rings. The first kappa shape index (κ1) is 12.0. The molecule has 0 spiro atoms. The molecule has 0 saturated heterocycles. The second kappa shape index (κ2) is 5.73. The smallest absolute Gasteiger partial charge is 0.0739 e. The molecule has 1 rings (SSSR count). The van der Waals surface area contributed by atoms with E-state index in [1.807, 2.05) is 18.7 Å². The fourth-order valence-electron chi connectivity index (χ4n) is 1.27.